The summed E-state index contributed by atoms with van der Waals surface area (Å²) in [5.74, 6) is -0.862. The minimum atomic E-state index is -1.06. The van der Waals surface area contributed by atoms with Crippen molar-refractivity contribution in [2.75, 3.05) is 17.2 Å². The highest BCUT2D eigenvalue weighted by molar-refractivity contribution is 7.80. The number of thiocarbonyl (C=S) groups is 1. The van der Waals surface area contributed by atoms with E-state index >= 15 is 0 Å². The molecule has 0 saturated carbocycles. The number of anilines is 2. The number of unbranched alkanes of at least 4 members (excludes halogenated alkanes) is 2. The first-order valence-corrected chi connectivity index (χ1v) is 16.2. The molecule has 0 unspecified atom stereocenters. The Bertz CT molecular complexity index is 1750. The SMILES string of the molecule is CC(C)(C)c1ccc(C(=O)NC(=S)Nc2ccc(NC(=O)CCCCCNC(=O)[C@H](Cc3c[nH]c4ccccc34)OC(N)=O)cc2)cc1. The van der Waals surface area contributed by atoms with Gasteiger partial charge in [0, 0.05) is 53.4 Å². The molecule has 0 aliphatic rings. The molecular weight excluding hydrogens is 629 g/mol. The predicted molar refractivity (Wildman–Crippen MR) is 192 cm³/mol. The third kappa shape index (κ3) is 10.7. The van der Waals surface area contributed by atoms with Crippen LogP contribution < -0.4 is 27.0 Å². The average molecular weight is 671 g/mol. The molecule has 0 bridgehead atoms. The van der Waals surface area contributed by atoms with Crippen LogP contribution in [-0.4, -0.2) is 46.6 Å². The van der Waals surface area contributed by atoms with E-state index in [0.29, 0.717) is 49.2 Å². The maximum Gasteiger partial charge on any atom is 0.405 e. The van der Waals surface area contributed by atoms with Crippen LogP contribution in [-0.2, 0) is 26.2 Å². The topological polar surface area (TPSA) is 167 Å². The molecule has 1 atom stereocenters. The molecule has 252 valence electrons. The highest BCUT2D eigenvalue weighted by Gasteiger charge is 2.23. The van der Waals surface area contributed by atoms with Crippen molar-refractivity contribution in [3.05, 3.63) is 95.7 Å². The lowest BCUT2D eigenvalue weighted by Crippen LogP contribution is -2.40. The molecule has 4 aromatic rings. The van der Waals surface area contributed by atoms with Crippen molar-refractivity contribution in [1.29, 1.82) is 0 Å². The van der Waals surface area contributed by atoms with Gasteiger partial charge in [0.15, 0.2) is 11.2 Å². The van der Waals surface area contributed by atoms with Crippen molar-refractivity contribution in [3.63, 3.8) is 0 Å². The van der Waals surface area contributed by atoms with Gasteiger partial charge in [-0.2, -0.15) is 0 Å². The van der Waals surface area contributed by atoms with Gasteiger partial charge in [-0.25, -0.2) is 4.79 Å². The Hall–Kier alpha value is -5.23. The van der Waals surface area contributed by atoms with E-state index in [0.717, 1.165) is 22.0 Å². The van der Waals surface area contributed by atoms with Gasteiger partial charge in [-0.05, 0) is 84.1 Å². The van der Waals surface area contributed by atoms with Gasteiger partial charge in [-0.3, -0.25) is 19.7 Å². The second-order valence-electron chi connectivity index (χ2n) is 12.5. The molecule has 4 amide bonds. The average Bonchev–Trinajstić information content (AvgIpc) is 3.45. The third-order valence-corrected chi connectivity index (χ3v) is 7.88. The first kappa shape index (κ1) is 35.6. The molecule has 7 N–H and O–H groups in total. The number of primary amides is 1. The van der Waals surface area contributed by atoms with E-state index in [-0.39, 0.29) is 28.8 Å². The lowest BCUT2D eigenvalue weighted by molar-refractivity contribution is -0.129. The second-order valence-corrected chi connectivity index (χ2v) is 12.9. The number of H-pyrrole nitrogens is 1. The standard InChI is InChI=1S/C36H42N6O5S/c1-36(2,3)25-14-12-23(13-15-25)32(44)42-35(48)41-27-18-16-26(17-19-27)40-31(43)11-5-4-8-20-38-33(45)30(47-34(37)46)21-24-22-39-29-10-7-6-9-28(24)29/h6-7,9-10,12-19,22,30,39H,4-5,8,11,20-21H2,1-3H3,(H2,37,46)(H,38,45)(H,40,43)(H2,41,42,44,48)/t30-/m0/s1. The molecular formula is C36H42N6O5S. The number of fused-ring (bicyclic) bond motifs is 1. The van der Waals surface area contributed by atoms with Crippen molar-refractivity contribution in [1.82, 2.24) is 15.6 Å². The summed E-state index contributed by atoms with van der Waals surface area (Å²) in [4.78, 5) is 52.4. The van der Waals surface area contributed by atoms with Crippen LogP contribution in [0.25, 0.3) is 10.9 Å². The van der Waals surface area contributed by atoms with Crippen molar-refractivity contribution in [3.8, 4) is 0 Å². The molecule has 48 heavy (non-hydrogen) atoms. The minimum Gasteiger partial charge on any atom is -0.436 e. The molecule has 1 heterocycles. The van der Waals surface area contributed by atoms with Gasteiger partial charge in [0.05, 0.1) is 0 Å². The first-order chi connectivity index (χ1) is 22.9. The van der Waals surface area contributed by atoms with Gasteiger partial charge < -0.3 is 31.4 Å². The summed E-state index contributed by atoms with van der Waals surface area (Å²) in [6.45, 7) is 6.71. The number of nitrogens with one attached hydrogen (secondary N) is 5. The highest BCUT2D eigenvalue weighted by Crippen LogP contribution is 2.23. The highest BCUT2D eigenvalue weighted by atomic mass is 32.1. The summed E-state index contributed by atoms with van der Waals surface area (Å²) in [6, 6.07) is 22.1. The number of amides is 4. The predicted octanol–water partition coefficient (Wildman–Crippen LogP) is 5.91. The van der Waals surface area contributed by atoms with Gasteiger partial charge in [0.1, 0.15) is 0 Å². The molecule has 4 rings (SSSR count). The molecule has 0 aliphatic heterocycles. The maximum absolute atomic E-state index is 12.8. The quantitative estimate of drug-likeness (QED) is 0.0759. The van der Waals surface area contributed by atoms with Gasteiger partial charge in [0.25, 0.3) is 11.8 Å². The summed E-state index contributed by atoms with van der Waals surface area (Å²) in [5.41, 5.74) is 9.91. The number of aromatic nitrogens is 1. The van der Waals surface area contributed by atoms with Gasteiger partial charge >= 0.3 is 6.09 Å². The summed E-state index contributed by atoms with van der Waals surface area (Å²) in [5, 5.41) is 12.4. The van der Waals surface area contributed by atoms with E-state index < -0.39 is 18.1 Å². The zero-order valence-corrected chi connectivity index (χ0v) is 28.2. The van der Waals surface area contributed by atoms with Crippen LogP contribution in [0, 0.1) is 0 Å². The Balaban J connectivity index is 1.13. The Morgan fingerprint density at radius 1 is 0.875 bits per heavy atom. The Labute approximate surface area is 285 Å². The molecule has 0 fully saturated rings. The molecule has 3 aromatic carbocycles. The van der Waals surface area contributed by atoms with E-state index in [4.69, 9.17) is 22.7 Å². The number of nitrogens with two attached hydrogens (primary N) is 1. The number of hydrogen-bond donors (Lipinski definition) is 6. The zero-order valence-electron chi connectivity index (χ0n) is 27.4. The lowest BCUT2D eigenvalue weighted by atomic mass is 9.87. The Kier molecular flexibility index (Phi) is 12.3. The summed E-state index contributed by atoms with van der Waals surface area (Å²) in [6.07, 6.45) is 2.21. The zero-order chi connectivity index (χ0) is 34.7. The third-order valence-electron chi connectivity index (χ3n) is 7.68. The number of para-hydroxylation sites is 1. The van der Waals surface area contributed by atoms with Crippen molar-refractivity contribution in [2.45, 2.75) is 64.4 Å². The number of ether oxygens (including phenoxy) is 1. The minimum absolute atomic E-state index is 0.00484. The Morgan fingerprint density at radius 2 is 1.54 bits per heavy atom. The van der Waals surface area contributed by atoms with E-state index in [2.05, 4.69) is 47.0 Å². The summed E-state index contributed by atoms with van der Waals surface area (Å²) < 4.78 is 5.10. The largest absolute Gasteiger partial charge is 0.436 e. The number of hydrogen-bond acceptors (Lipinski definition) is 6. The van der Waals surface area contributed by atoms with Crippen LogP contribution in [0.15, 0.2) is 79.0 Å². The van der Waals surface area contributed by atoms with Crippen molar-refractivity contribution < 1.29 is 23.9 Å². The van der Waals surface area contributed by atoms with Crippen molar-refractivity contribution in [2.24, 2.45) is 5.73 Å². The number of benzene rings is 3. The molecule has 11 nitrogen and oxygen atoms in total. The van der Waals surface area contributed by atoms with E-state index in [1.165, 1.54) is 0 Å². The molecule has 12 heteroatoms. The van der Waals surface area contributed by atoms with Gasteiger partial charge in [0.2, 0.25) is 5.91 Å². The lowest BCUT2D eigenvalue weighted by Gasteiger charge is -2.19. The van der Waals surface area contributed by atoms with E-state index in [1.807, 2.05) is 36.4 Å². The van der Waals surface area contributed by atoms with Crippen molar-refractivity contribution >= 4 is 63.4 Å². The van der Waals surface area contributed by atoms with Crippen LogP contribution in [0.3, 0.4) is 0 Å². The number of carbonyl (C=O) groups is 4. The van der Waals surface area contributed by atoms with Crippen LogP contribution in [0.2, 0.25) is 0 Å². The molecule has 0 radical (unpaired) electrons. The fourth-order valence-corrected chi connectivity index (χ4v) is 5.27. The number of aromatic amines is 1. The fourth-order valence-electron chi connectivity index (χ4n) is 5.06. The summed E-state index contributed by atoms with van der Waals surface area (Å²) >= 11 is 5.30. The molecule has 0 spiro atoms. The normalized spacial score (nSPS) is 11.7. The van der Waals surface area contributed by atoms with E-state index in [1.54, 1.807) is 42.6 Å². The monoisotopic (exact) mass is 670 g/mol. The van der Waals surface area contributed by atoms with E-state index in [9.17, 15) is 19.2 Å². The number of carbonyl (C=O) groups excluding carboxylic acids is 4. The van der Waals surface area contributed by atoms with Crippen LogP contribution in [0.5, 0.6) is 0 Å². The van der Waals surface area contributed by atoms with Gasteiger partial charge in [-0.15, -0.1) is 0 Å². The molecule has 1 aromatic heterocycles. The van der Waals surface area contributed by atoms with Crippen LogP contribution in [0.4, 0.5) is 16.2 Å². The Morgan fingerprint density at radius 3 is 2.21 bits per heavy atom. The molecule has 0 saturated heterocycles. The first-order valence-electron chi connectivity index (χ1n) is 15.8. The van der Waals surface area contributed by atoms with Gasteiger partial charge in [-0.1, -0.05) is 57.5 Å². The van der Waals surface area contributed by atoms with Crippen LogP contribution in [0.1, 0.15) is 67.9 Å². The smallest absolute Gasteiger partial charge is 0.405 e. The maximum atomic E-state index is 12.8. The number of rotatable bonds is 13. The summed E-state index contributed by atoms with van der Waals surface area (Å²) in [7, 11) is 0. The fraction of sp³-hybridized carbons (Fsp3) is 0.306. The van der Waals surface area contributed by atoms with Crippen LogP contribution >= 0.6 is 12.2 Å². The molecule has 0 aliphatic carbocycles. The second kappa shape index (κ2) is 16.6.